The smallest absolute Gasteiger partial charge is 0.0637 e. The lowest BCUT2D eigenvalue weighted by Crippen LogP contribution is -2.36. The highest BCUT2D eigenvalue weighted by molar-refractivity contribution is 5.25. The molecule has 0 fully saturated rings. The van der Waals surface area contributed by atoms with E-state index in [4.69, 9.17) is 4.74 Å². The Morgan fingerprint density at radius 2 is 1.62 bits per heavy atom. The van der Waals surface area contributed by atoms with Crippen LogP contribution in [0.4, 0.5) is 0 Å². The molecule has 0 amide bonds. The highest BCUT2D eigenvalue weighted by Gasteiger charge is 2.21. The van der Waals surface area contributed by atoms with Crippen LogP contribution in [0.2, 0.25) is 0 Å². The molecule has 1 aromatic rings. The fourth-order valence-electron chi connectivity index (χ4n) is 2.82. The molecule has 0 bridgehead atoms. The molecule has 2 unspecified atom stereocenters. The molecule has 0 spiro atoms. The van der Waals surface area contributed by atoms with E-state index in [1.165, 1.54) is 11.1 Å². The summed E-state index contributed by atoms with van der Waals surface area (Å²) in [4.78, 5) is 0. The Morgan fingerprint density at radius 1 is 1.05 bits per heavy atom. The van der Waals surface area contributed by atoms with Crippen molar-refractivity contribution in [3.8, 4) is 0 Å². The Hall–Kier alpha value is -0.860. The van der Waals surface area contributed by atoms with Crippen LogP contribution in [0.15, 0.2) is 24.3 Å². The van der Waals surface area contributed by atoms with Gasteiger partial charge >= 0.3 is 0 Å². The summed E-state index contributed by atoms with van der Waals surface area (Å²) in [6.45, 7) is 13.2. The van der Waals surface area contributed by atoms with Crippen LogP contribution in [0.25, 0.3) is 0 Å². The fourth-order valence-corrected chi connectivity index (χ4v) is 2.82. The predicted molar refractivity (Wildman–Crippen MR) is 91.7 cm³/mol. The van der Waals surface area contributed by atoms with E-state index in [9.17, 15) is 0 Å². The molecule has 0 aliphatic carbocycles. The molecule has 1 rings (SSSR count). The molecule has 0 saturated heterocycles. The van der Waals surface area contributed by atoms with Crippen LogP contribution in [-0.4, -0.2) is 18.8 Å². The largest absolute Gasteiger partial charge is 0.379 e. The van der Waals surface area contributed by atoms with Crippen molar-refractivity contribution in [1.82, 2.24) is 5.32 Å². The van der Waals surface area contributed by atoms with Crippen molar-refractivity contribution >= 4 is 0 Å². The molecule has 120 valence electrons. The van der Waals surface area contributed by atoms with Crippen molar-refractivity contribution in [2.24, 2.45) is 5.92 Å². The van der Waals surface area contributed by atoms with Crippen LogP contribution < -0.4 is 5.32 Å². The molecule has 21 heavy (non-hydrogen) atoms. The normalized spacial score (nSPS) is 15.2. The van der Waals surface area contributed by atoms with Crippen LogP contribution in [0, 0.1) is 5.92 Å². The van der Waals surface area contributed by atoms with Gasteiger partial charge in [-0.05, 0) is 57.6 Å². The van der Waals surface area contributed by atoms with Crippen molar-refractivity contribution in [3.63, 3.8) is 0 Å². The van der Waals surface area contributed by atoms with E-state index < -0.39 is 0 Å². The number of benzene rings is 1. The summed E-state index contributed by atoms with van der Waals surface area (Å²) in [5.74, 6) is 0.711. The Morgan fingerprint density at radius 3 is 2.10 bits per heavy atom. The first-order valence-electron chi connectivity index (χ1n) is 8.13. The van der Waals surface area contributed by atoms with Gasteiger partial charge in [0, 0.05) is 19.2 Å². The average Bonchev–Trinajstić information content (AvgIpc) is 2.38. The molecular formula is C19H33NO. The Kier molecular flexibility index (Phi) is 6.89. The number of hydrogen-bond donors (Lipinski definition) is 1. The average molecular weight is 291 g/mol. The molecule has 2 heteroatoms. The lowest BCUT2D eigenvalue weighted by atomic mass is 9.97. The van der Waals surface area contributed by atoms with Crippen molar-refractivity contribution in [3.05, 3.63) is 35.4 Å². The number of methoxy groups -OCH3 is 1. The minimum atomic E-state index is -0.0761. The van der Waals surface area contributed by atoms with E-state index in [-0.39, 0.29) is 5.60 Å². The Labute approximate surface area is 131 Å². The second kappa shape index (κ2) is 7.95. The summed E-state index contributed by atoms with van der Waals surface area (Å²) >= 11 is 0. The highest BCUT2D eigenvalue weighted by Crippen LogP contribution is 2.20. The van der Waals surface area contributed by atoms with Crippen LogP contribution in [0.3, 0.4) is 0 Å². The zero-order chi connectivity index (χ0) is 16.0. The number of rotatable bonds is 8. The van der Waals surface area contributed by atoms with Crippen LogP contribution >= 0.6 is 0 Å². The first-order chi connectivity index (χ1) is 9.73. The summed E-state index contributed by atoms with van der Waals surface area (Å²) in [5.41, 5.74) is 2.70. The third kappa shape index (κ3) is 6.62. The van der Waals surface area contributed by atoms with E-state index in [0.717, 1.165) is 12.8 Å². The Balaban J connectivity index is 2.57. The third-order valence-electron chi connectivity index (χ3n) is 4.01. The van der Waals surface area contributed by atoms with Crippen molar-refractivity contribution in [1.29, 1.82) is 0 Å². The maximum absolute atomic E-state index is 5.51. The van der Waals surface area contributed by atoms with E-state index in [2.05, 4.69) is 71.1 Å². The standard InChI is InChI=1S/C19H33NO/c1-14(2)12-17-8-10-18(11-9-17)16(4)20-15(3)13-19(5,6)21-7/h8-11,14-16,20H,12-13H2,1-7H3. The summed E-state index contributed by atoms with van der Waals surface area (Å²) in [7, 11) is 1.78. The lowest BCUT2D eigenvalue weighted by molar-refractivity contribution is 0.00782. The zero-order valence-corrected chi connectivity index (χ0v) is 14.9. The maximum atomic E-state index is 5.51. The van der Waals surface area contributed by atoms with Gasteiger partial charge in [-0.2, -0.15) is 0 Å². The van der Waals surface area contributed by atoms with Crippen molar-refractivity contribution < 1.29 is 4.74 Å². The number of nitrogens with one attached hydrogen (secondary N) is 1. The van der Waals surface area contributed by atoms with E-state index in [1.54, 1.807) is 7.11 Å². The molecule has 0 saturated carbocycles. The van der Waals surface area contributed by atoms with Gasteiger partial charge in [-0.15, -0.1) is 0 Å². The summed E-state index contributed by atoms with van der Waals surface area (Å²) in [6, 6.07) is 9.81. The minimum Gasteiger partial charge on any atom is -0.379 e. The van der Waals surface area contributed by atoms with Crippen molar-refractivity contribution in [2.45, 2.75) is 72.1 Å². The SMILES string of the molecule is COC(C)(C)CC(C)NC(C)c1ccc(CC(C)C)cc1. The van der Waals surface area contributed by atoms with Gasteiger partial charge in [-0.1, -0.05) is 38.1 Å². The van der Waals surface area contributed by atoms with Crippen LogP contribution in [0.1, 0.15) is 65.1 Å². The number of ether oxygens (including phenoxy) is 1. The van der Waals surface area contributed by atoms with Gasteiger partial charge in [-0.3, -0.25) is 0 Å². The van der Waals surface area contributed by atoms with Crippen LogP contribution in [0.5, 0.6) is 0 Å². The third-order valence-corrected chi connectivity index (χ3v) is 4.01. The second-order valence-electron chi connectivity index (χ2n) is 7.30. The molecular weight excluding hydrogens is 258 g/mol. The topological polar surface area (TPSA) is 21.3 Å². The lowest BCUT2D eigenvalue weighted by Gasteiger charge is -2.29. The van der Waals surface area contributed by atoms with Gasteiger partial charge in [0.25, 0.3) is 0 Å². The highest BCUT2D eigenvalue weighted by atomic mass is 16.5. The molecule has 2 atom stereocenters. The van der Waals surface area contributed by atoms with Gasteiger partial charge in [0.05, 0.1) is 5.60 Å². The maximum Gasteiger partial charge on any atom is 0.0637 e. The van der Waals surface area contributed by atoms with Gasteiger partial charge in [-0.25, -0.2) is 0 Å². The second-order valence-corrected chi connectivity index (χ2v) is 7.30. The van der Waals surface area contributed by atoms with Gasteiger partial charge in [0.15, 0.2) is 0 Å². The monoisotopic (exact) mass is 291 g/mol. The molecule has 0 aromatic heterocycles. The van der Waals surface area contributed by atoms with Crippen LogP contribution in [-0.2, 0) is 11.2 Å². The van der Waals surface area contributed by atoms with E-state index in [0.29, 0.717) is 18.0 Å². The van der Waals surface area contributed by atoms with E-state index in [1.807, 2.05) is 0 Å². The molecule has 0 heterocycles. The molecule has 0 aliphatic heterocycles. The summed E-state index contributed by atoms with van der Waals surface area (Å²) in [6.07, 6.45) is 2.15. The van der Waals surface area contributed by atoms with Gasteiger partial charge < -0.3 is 10.1 Å². The number of hydrogen-bond acceptors (Lipinski definition) is 2. The fraction of sp³-hybridized carbons (Fsp3) is 0.684. The molecule has 1 N–H and O–H groups in total. The Bertz CT molecular complexity index is 408. The molecule has 0 radical (unpaired) electrons. The molecule has 1 aromatic carbocycles. The minimum absolute atomic E-state index is 0.0761. The molecule has 0 aliphatic rings. The first kappa shape index (κ1) is 18.2. The molecule has 2 nitrogen and oxygen atoms in total. The zero-order valence-electron chi connectivity index (χ0n) is 14.9. The first-order valence-corrected chi connectivity index (χ1v) is 8.13. The quantitative estimate of drug-likeness (QED) is 0.747. The summed E-state index contributed by atoms with van der Waals surface area (Å²) in [5, 5.41) is 3.67. The van der Waals surface area contributed by atoms with Gasteiger partial charge in [0.2, 0.25) is 0 Å². The van der Waals surface area contributed by atoms with Gasteiger partial charge in [0.1, 0.15) is 0 Å². The van der Waals surface area contributed by atoms with E-state index >= 15 is 0 Å². The van der Waals surface area contributed by atoms with Crippen molar-refractivity contribution in [2.75, 3.05) is 7.11 Å². The summed E-state index contributed by atoms with van der Waals surface area (Å²) < 4.78 is 5.51. The predicted octanol–water partition coefficient (Wildman–Crippen LogP) is 4.74.